The molecule has 4 heterocycles. The van der Waals surface area contributed by atoms with Crippen molar-refractivity contribution in [2.45, 2.75) is 32.4 Å². The molecule has 0 bridgehead atoms. The number of ether oxygens (including phenoxy) is 1. The molecule has 8 nitrogen and oxygen atoms in total. The molecule has 188 valence electrons. The number of pyridine rings is 2. The van der Waals surface area contributed by atoms with Crippen LogP contribution in [0.25, 0.3) is 5.69 Å². The van der Waals surface area contributed by atoms with Gasteiger partial charge in [0, 0.05) is 42.0 Å². The van der Waals surface area contributed by atoms with Crippen molar-refractivity contribution in [3.05, 3.63) is 96.3 Å². The lowest BCUT2D eigenvalue weighted by molar-refractivity contribution is -0.115. The molecule has 1 amide bonds. The average molecular weight is 513 g/mol. The van der Waals surface area contributed by atoms with E-state index in [1.165, 1.54) is 0 Å². The average Bonchev–Trinajstić information content (AvgIpc) is 3.48. The van der Waals surface area contributed by atoms with Crippen LogP contribution in [0.1, 0.15) is 42.5 Å². The van der Waals surface area contributed by atoms with Crippen LogP contribution in [0, 0.1) is 6.92 Å². The van der Waals surface area contributed by atoms with Crippen LogP contribution in [-0.2, 0) is 4.79 Å². The van der Waals surface area contributed by atoms with Gasteiger partial charge in [-0.25, -0.2) is 0 Å². The first-order valence-corrected chi connectivity index (χ1v) is 12.5. The van der Waals surface area contributed by atoms with Crippen LogP contribution in [0.4, 0.5) is 11.4 Å². The fourth-order valence-corrected chi connectivity index (χ4v) is 5.08. The number of hydrogen-bond donors (Lipinski definition) is 2. The van der Waals surface area contributed by atoms with E-state index in [0.29, 0.717) is 23.0 Å². The van der Waals surface area contributed by atoms with Gasteiger partial charge >= 0.3 is 0 Å². The number of nitrogens with one attached hydrogen (secondary N) is 2. The number of benzene rings is 1. The predicted octanol–water partition coefficient (Wildman–Crippen LogP) is 5.11. The van der Waals surface area contributed by atoms with Crippen LogP contribution in [0.15, 0.2) is 79.3 Å². The first-order chi connectivity index (χ1) is 18.0. The smallest absolute Gasteiger partial charge is 0.224 e. The lowest BCUT2D eigenvalue weighted by atomic mass is 10.0. The fraction of sp³-hybridized carbons (Fsp3) is 0.214. The Morgan fingerprint density at radius 2 is 1.97 bits per heavy atom. The second-order valence-electron chi connectivity index (χ2n) is 8.73. The number of hydrogen-bond acceptors (Lipinski definition) is 5. The lowest BCUT2D eigenvalue weighted by Gasteiger charge is -2.29. The maximum Gasteiger partial charge on any atom is 0.224 e. The van der Waals surface area contributed by atoms with Crippen molar-refractivity contribution < 1.29 is 9.53 Å². The highest BCUT2D eigenvalue weighted by molar-refractivity contribution is 7.80. The third-order valence-electron chi connectivity index (χ3n) is 6.47. The number of anilines is 2. The van der Waals surface area contributed by atoms with Gasteiger partial charge in [0.15, 0.2) is 5.11 Å². The number of rotatable bonds is 7. The van der Waals surface area contributed by atoms with Crippen molar-refractivity contribution in [3.8, 4) is 11.4 Å². The molecule has 0 radical (unpaired) electrons. The summed E-state index contributed by atoms with van der Waals surface area (Å²) in [6.07, 6.45) is 5.79. The molecule has 2 N–H and O–H groups in total. The highest BCUT2D eigenvalue weighted by atomic mass is 32.1. The number of aryl methyl sites for hydroxylation is 1. The van der Waals surface area contributed by atoms with E-state index in [2.05, 4.69) is 49.1 Å². The molecule has 4 aromatic rings. The molecule has 1 fully saturated rings. The van der Waals surface area contributed by atoms with Crippen LogP contribution in [0.5, 0.6) is 5.75 Å². The second kappa shape index (κ2) is 10.4. The molecule has 37 heavy (non-hydrogen) atoms. The monoisotopic (exact) mass is 512 g/mol. The first-order valence-electron chi connectivity index (χ1n) is 12.1. The molecule has 1 aliphatic rings. The Labute approximate surface area is 221 Å². The van der Waals surface area contributed by atoms with E-state index in [0.717, 1.165) is 28.5 Å². The van der Waals surface area contributed by atoms with Crippen molar-refractivity contribution in [2.75, 3.05) is 17.3 Å². The number of amides is 1. The van der Waals surface area contributed by atoms with E-state index in [1.807, 2.05) is 61.7 Å². The van der Waals surface area contributed by atoms with E-state index < -0.39 is 0 Å². The van der Waals surface area contributed by atoms with Gasteiger partial charge in [-0.2, -0.15) is 0 Å². The number of nitrogens with zero attached hydrogens (tertiary/aromatic N) is 4. The quantitative estimate of drug-likeness (QED) is 0.333. The van der Waals surface area contributed by atoms with E-state index in [9.17, 15) is 4.79 Å². The minimum absolute atomic E-state index is 0.0812. The van der Waals surface area contributed by atoms with Crippen LogP contribution in [0.3, 0.4) is 0 Å². The molecule has 9 heteroatoms. The molecule has 3 aromatic heterocycles. The number of methoxy groups -OCH3 is 1. The largest absolute Gasteiger partial charge is 0.494 e. The third kappa shape index (κ3) is 4.65. The molecule has 0 aliphatic carbocycles. The summed E-state index contributed by atoms with van der Waals surface area (Å²) in [5.74, 6) is 0.475. The zero-order valence-electron chi connectivity index (χ0n) is 20.9. The van der Waals surface area contributed by atoms with Crippen molar-refractivity contribution in [3.63, 3.8) is 0 Å². The van der Waals surface area contributed by atoms with Gasteiger partial charge < -0.3 is 24.8 Å². The number of thiocarbonyl (C=S) groups is 1. The zero-order chi connectivity index (χ0) is 25.9. The molecule has 1 saturated heterocycles. The summed E-state index contributed by atoms with van der Waals surface area (Å²) in [5.41, 5.74) is 5.42. The van der Waals surface area contributed by atoms with Gasteiger partial charge in [-0.15, -0.1) is 0 Å². The Balaban J connectivity index is 1.65. The summed E-state index contributed by atoms with van der Waals surface area (Å²) < 4.78 is 7.84. The molecular weight excluding hydrogens is 484 g/mol. The van der Waals surface area contributed by atoms with E-state index >= 15 is 0 Å². The molecule has 1 aromatic carbocycles. The minimum Gasteiger partial charge on any atom is -0.494 e. The highest BCUT2D eigenvalue weighted by Gasteiger charge is 2.42. The maximum absolute atomic E-state index is 12.0. The summed E-state index contributed by atoms with van der Waals surface area (Å²) in [4.78, 5) is 23.1. The Kier molecular flexibility index (Phi) is 6.87. The predicted molar refractivity (Wildman–Crippen MR) is 148 cm³/mol. The normalized spacial score (nSPS) is 16.9. The summed E-state index contributed by atoms with van der Waals surface area (Å²) in [6.45, 7) is 3.89. The van der Waals surface area contributed by atoms with E-state index in [1.54, 1.807) is 19.5 Å². The molecule has 0 saturated carbocycles. The minimum atomic E-state index is -0.225. The van der Waals surface area contributed by atoms with Crippen molar-refractivity contribution >= 4 is 34.6 Å². The number of aromatic nitrogens is 3. The first kappa shape index (κ1) is 24.5. The molecule has 1 aliphatic heterocycles. The molecule has 2 atom stereocenters. The van der Waals surface area contributed by atoms with Crippen LogP contribution >= 0.6 is 12.2 Å². The number of carbonyl (C=O) groups excluding carboxylic acids is 1. The molecular formula is C28H28N6O2S. The highest BCUT2D eigenvalue weighted by Crippen LogP contribution is 2.44. The van der Waals surface area contributed by atoms with Gasteiger partial charge in [0.05, 0.1) is 36.4 Å². The topological polar surface area (TPSA) is 84.3 Å². The Hall–Kier alpha value is -4.24. The van der Waals surface area contributed by atoms with Gasteiger partial charge in [0.1, 0.15) is 11.8 Å². The van der Waals surface area contributed by atoms with Crippen molar-refractivity contribution in [1.29, 1.82) is 0 Å². The van der Waals surface area contributed by atoms with Gasteiger partial charge in [0.25, 0.3) is 0 Å². The Morgan fingerprint density at radius 1 is 1.11 bits per heavy atom. The van der Waals surface area contributed by atoms with Gasteiger partial charge in [-0.3, -0.25) is 14.8 Å². The molecule has 0 spiro atoms. The Bertz CT molecular complexity index is 1420. The molecule has 5 rings (SSSR count). The fourth-order valence-electron chi connectivity index (χ4n) is 4.73. The van der Waals surface area contributed by atoms with Crippen molar-refractivity contribution in [2.24, 2.45) is 0 Å². The lowest BCUT2D eigenvalue weighted by Crippen LogP contribution is -2.30. The SMILES string of the molecule is CCC(=O)Nc1ccc(N2C(=S)N[C@H](c3ccccn3)[C@@H]2c2ccc(C)n2-c2cccnc2)cc1OC. The van der Waals surface area contributed by atoms with E-state index in [4.69, 9.17) is 17.0 Å². The maximum atomic E-state index is 12.0. The van der Waals surface area contributed by atoms with Gasteiger partial charge in [0.2, 0.25) is 5.91 Å². The second-order valence-corrected chi connectivity index (χ2v) is 9.12. The standard InChI is InChI=1S/C28H28N6O2S/c1-4-25(35)31-21-12-11-19(16-24(21)36-3)34-27(26(32-28(34)37)22-9-5-6-15-30-22)23-13-10-18(2)33(23)20-8-7-14-29-17-20/h5-17,26-27H,4H2,1-3H3,(H,31,35)(H,32,37)/t26-,27+/m1/s1. The Morgan fingerprint density at radius 3 is 2.68 bits per heavy atom. The van der Waals surface area contributed by atoms with Crippen LogP contribution in [-0.4, -0.2) is 32.7 Å². The summed E-state index contributed by atoms with van der Waals surface area (Å²) in [5, 5.41) is 6.98. The zero-order valence-corrected chi connectivity index (χ0v) is 21.7. The molecule has 0 unspecified atom stereocenters. The number of carbonyl (C=O) groups is 1. The summed E-state index contributed by atoms with van der Waals surface area (Å²) in [6, 6.07) is 19.3. The summed E-state index contributed by atoms with van der Waals surface area (Å²) >= 11 is 5.90. The van der Waals surface area contributed by atoms with Gasteiger partial charge in [-0.05, 0) is 67.7 Å². The van der Waals surface area contributed by atoms with Gasteiger partial charge in [-0.1, -0.05) is 13.0 Å². The van der Waals surface area contributed by atoms with Crippen LogP contribution < -0.4 is 20.3 Å². The third-order valence-corrected chi connectivity index (χ3v) is 6.78. The van der Waals surface area contributed by atoms with Crippen LogP contribution in [0.2, 0.25) is 0 Å². The van der Waals surface area contributed by atoms with Crippen molar-refractivity contribution in [1.82, 2.24) is 19.9 Å². The summed E-state index contributed by atoms with van der Waals surface area (Å²) in [7, 11) is 1.59. The van der Waals surface area contributed by atoms with E-state index in [-0.39, 0.29) is 18.0 Å².